The average Bonchev–Trinajstić information content (AvgIpc) is 3.83. The highest BCUT2D eigenvalue weighted by Crippen LogP contribution is 2.39. The lowest BCUT2D eigenvalue weighted by Crippen LogP contribution is -1.96. The van der Waals surface area contributed by atoms with E-state index in [0.29, 0.717) is 19.4 Å². The summed E-state index contributed by atoms with van der Waals surface area (Å²) in [4.78, 5) is 14.6. The SMILES string of the molecule is O=C=NCCc1ccc2c3ccccc3n(-c3ccc4c(c3)c3cc(-n5c6ccccc6c6cc(CCO)ccc65)ccc3n4-c3ccccc3)c2c1. The molecule has 0 amide bonds. The Labute approximate surface area is 305 Å². The highest BCUT2D eigenvalue weighted by Gasteiger charge is 2.19. The van der Waals surface area contributed by atoms with Gasteiger partial charge in [0.25, 0.3) is 0 Å². The molecule has 6 nitrogen and oxygen atoms in total. The predicted octanol–water partition coefficient (Wildman–Crippen LogP) is 10.4. The van der Waals surface area contributed by atoms with E-state index in [1.54, 1.807) is 6.08 Å². The number of aliphatic hydroxyl groups excluding tert-OH is 1. The van der Waals surface area contributed by atoms with E-state index in [2.05, 4.69) is 170 Å². The number of aliphatic hydroxyl groups is 1. The number of fused-ring (bicyclic) bond motifs is 9. The number of nitrogens with zero attached hydrogens (tertiary/aromatic N) is 4. The lowest BCUT2D eigenvalue weighted by atomic mass is 10.1. The summed E-state index contributed by atoms with van der Waals surface area (Å²) in [5.74, 6) is 0. The summed E-state index contributed by atoms with van der Waals surface area (Å²) in [7, 11) is 0. The van der Waals surface area contributed by atoms with E-state index in [0.717, 1.165) is 66.7 Å². The first-order valence-electron chi connectivity index (χ1n) is 18.0. The summed E-state index contributed by atoms with van der Waals surface area (Å²) in [5, 5.41) is 16.8. The maximum Gasteiger partial charge on any atom is 0.234 e. The molecule has 254 valence electrons. The molecule has 53 heavy (non-hydrogen) atoms. The first-order valence-corrected chi connectivity index (χ1v) is 18.0. The molecule has 0 saturated heterocycles. The van der Waals surface area contributed by atoms with Crippen molar-refractivity contribution in [1.82, 2.24) is 13.7 Å². The monoisotopic (exact) mass is 686 g/mol. The Bertz CT molecular complexity index is 3090. The minimum atomic E-state index is 0.126. The van der Waals surface area contributed by atoms with Gasteiger partial charge in [0.1, 0.15) is 0 Å². The number of hydrogen-bond acceptors (Lipinski definition) is 3. The van der Waals surface area contributed by atoms with Crippen LogP contribution in [0.4, 0.5) is 0 Å². The topological polar surface area (TPSA) is 64.4 Å². The Kier molecular flexibility index (Phi) is 7.32. The van der Waals surface area contributed by atoms with Crippen molar-refractivity contribution >= 4 is 71.5 Å². The summed E-state index contributed by atoms with van der Waals surface area (Å²) in [6.07, 6.45) is 2.97. The molecule has 0 radical (unpaired) electrons. The van der Waals surface area contributed by atoms with Crippen LogP contribution < -0.4 is 0 Å². The number of aliphatic imine (C=N–C) groups is 1. The number of aromatic nitrogens is 3. The standard InChI is InChI=1S/C47H34N4O2/c52-25-23-32-15-19-44-39(26-32)37-11-5-7-13-43(37)50(44)34-16-20-45-40(28-34)41-29-35(17-21-46(41)49(45)33-8-2-1-3-9-33)51-42-12-6-4-10-36(42)38-18-14-31(27-47(38)51)22-24-48-30-53/h1-21,26-29,52H,22-25H2. The fourth-order valence-electron chi connectivity index (χ4n) is 8.40. The van der Waals surface area contributed by atoms with Crippen LogP contribution in [0.2, 0.25) is 0 Å². The summed E-state index contributed by atoms with van der Waals surface area (Å²) >= 11 is 0. The van der Waals surface area contributed by atoms with Gasteiger partial charge in [-0.1, -0.05) is 72.8 Å². The van der Waals surface area contributed by atoms with Crippen molar-refractivity contribution in [3.05, 3.63) is 163 Å². The van der Waals surface area contributed by atoms with Crippen molar-refractivity contribution < 1.29 is 9.90 Å². The highest BCUT2D eigenvalue weighted by atomic mass is 16.3. The molecule has 10 aromatic rings. The number of hydrogen-bond donors (Lipinski definition) is 1. The normalized spacial score (nSPS) is 11.8. The Balaban J connectivity index is 1.24. The van der Waals surface area contributed by atoms with Crippen molar-refractivity contribution in [2.24, 2.45) is 4.99 Å². The molecule has 0 unspecified atom stereocenters. The molecule has 7 aromatic carbocycles. The number of para-hydroxylation sites is 3. The molecule has 0 spiro atoms. The Morgan fingerprint density at radius 1 is 0.434 bits per heavy atom. The van der Waals surface area contributed by atoms with Gasteiger partial charge in [-0.3, -0.25) is 0 Å². The number of rotatable bonds is 8. The second-order valence-corrected chi connectivity index (χ2v) is 13.7. The van der Waals surface area contributed by atoms with E-state index in [-0.39, 0.29) is 6.61 Å². The predicted molar refractivity (Wildman–Crippen MR) is 217 cm³/mol. The van der Waals surface area contributed by atoms with Crippen LogP contribution in [0.25, 0.3) is 82.5 Å². The third-order valence-electron chi connectivity index (χ3n) is 10.7. The maximum atomic E-state index is 10.8. The lowest BCUT2D eigenvalue weighted by Gasteiger charge is -2.11. The first kappa shape index (κ1) is 31.1. The Morgan fingerprint density at radius 3 is 1.58 bits per heavy atom. The van der Waals surface area contributed by atoms with Gasteiger partial charge in [-0.25, -0.2) is 9.79 Å². The van der Waals surface area contributed by atoms with Gasteiger partial charge in [0.15, 0.2) is 0 Å². The van der Waals surface area contributed by atoms with Crippen molar-refractivity contribution in [1.29, 1.82) is 0 Å². The molecule has 3 aromatic heterocycles. The van der Waals surface area contributed by atoms with E-state index < -0.39 is 0 Å². The number of benzene rings is 7. The molecule has 3 heterocycles. The molecular formula is C47H34N4O2. The largest absolute Gasteiger partial charge is 0.396 e. The van der Waals surface area contributed by atoms with Crippen LogP contribution in [-0.2, 0) is 17.6 Å². The van der Waals surface area contributed by atoms with Crippen molar-refractivity contribution in [3.8, 4) is 17.1 Å². The van der Waals surface area contributed by atoms with Crippen LogP contribution in [0.15, 0.2) is 157 Å². The highest BCUT2D eigenvalue weighted by molar-refractivity contribution is 6.14. The summed E-state index contributed by atoms with van der Waals surface area (Å²) in [6, 6.07) is 54.5. The molecule has 0 bridgehead atoms. The van der Waals surface area contributed by atoms with E-state index in [1.165, 1.54) is 26.9 Å². The van der Waals surface area contributed by atoms with Gasteiger partial charge >= 0.3 is 0 Å². The molecule has 0 saturated carbocycles. The third-order valence-corrected chi connectivity index (χ3v) is 10.7. The van der Waals surface area contributed by atoms with Gasteiger partial charge in [0.2, 0.25) is 6.08 Å². The average molecular weight is 687 g/mol. The zero-order chi connectivity index (χ0) is 35.5. The van der Waals surface area contributed by atoms with E-state index in [1.807, 2.05) is 0 Å². The van der Waals surface area contributed by atoms with Crippen LogP contribution in [0.1, 0.15) is 11.1 Å². The molecule has 10 rings (SSSR count). The van der Waals surface area contributed by atoms with Gasteiger partial charge in [-0.15, -0.1) is 0 Å². The van der Waals surface area contributed by atoms with E-state index in [9.17, 15) is 9.90 Å². The van der Waals surface area contributed by atoms with Gasteiger partial charge in [-0.05, 0) is 103 Å². The van der Waals surface area contributed by atoms with Gasteiger partial charge in [-0.2, -0.15) is 0 Å². The molecular weight excluding hydrogens is 653 g/mol. The Morgan fingerprint density at radius 2 is 0.925 bits per heavy atom. The fraction of sp³-hybridized carbons (Fsp3) is 0.0851. The van der Waals surface area contributed by atoms with Gasteiger partial charge < -0.3 is 18.8 Å². The van der Waals surface area contributed by atoms with E-state index in [4.69, 9.17) is 0 Å². The first-order chi connectivity index (χ1) is 26.2. The number of isocyanates is 1. The maximum absolute atomic E-state index is 10.8. The molecule has 0 atom stereocenters. The van der Waals surface area contributed by atoms with Crippen molar-refractivity contribution in [2.45, 2.75) is 12.8 Å². The second-order valence-electron chi connectivity index (χ2n) is 13.7. The lowest BCUT2D eigenvalue weighted by molar-refractivity contribution is 0.299. The molecule has 1 N–H and O–H groups in total. The quantitative estimate of drug-likeness (QED) is 0.128. The summed E-state index contributed by atoms with van der Waals surface area (Å²) in [5.41, 5.74) is 12.4. The zero-order valence-corrected chi connectivity index (χ0v) is 28.9. The van der Waals surface area contributed by atoms with Crippen LogP contribution >= 0.6 is 0 Å². The zero-order valence-electron chi connectivity index (χ0n) is 28.9. The van der Waals surface area contributed by atoms with Gasteiger partial charge in [0.05, 0.1) is 39.6 Å². The Hall–Kier alpha value is -6.72. The van der Waals surface area contributed by atoms with Crippen LogP contribution in [0.5, 0.6) is 0 Å². The van der Waals surface area contributed by atoms with Crippen molar-refractivity contribution in [2.75, 3.05) is 13.2 Å². The fourth-order valence-corrected chi connectivity index (χ4v) is 8.40. The minimum Gasteiger partial charge on any atom is -0.396 e. The van der Waals surface area contributed by atoms with Crippen LogP contribution in [0, 0.1) is 0 Å². The smallest absolute Gasteiger partial charge is 0.234 e. The number of carbonyl (C=O) groups excluding carboxylic acids is 1. The van der Waals surface area contributed by atoms with Crippen LogP contribution in [-0.4, -0.2) is 38.0 Å². The third kappa shape index (κ3) is 4.92. The molecule has 0 fully saturated rings. The summed E-state index contributed by atoms with van der Waals surface area (Å²) in [6.45, 7) is 0.541. The van der Waals surface area contributed by atoms with Gasteiger partial charge in [0, 0.05) is 56.0 Å². The van der Waals surface area contributed by atoms with Crippen molar-refractivity contribution in [3.63, 3.8) is 0 Å². The minimum absolute atomic E-state index is 0.126. The molecule has 0 aliphatic heterocycles. The van der Waals surface area contributed by atoms with Crippen LogP contribution in [0.3, 0.4) is 0 Å². The molecule has 0 aliphatic carbocycles. The molecule has 0 aliphatic rings. The second kappa shape index (κ2) is 12.5. The summed E-state index contributed by atoms with van der Waals surface area (Å²) < 4.78 is 7.09. The molecule has 6 heteroatoms. The van der Waals surface area contributed by atoms with E-state index >= 15 is 0 Å².